The van der Waals surface area contributed by atoms with E-state index in [0.717, 1.165) is 16.9 Å². The molecule has 0 spiro atoms. The molecule has 2 N–H and O–H groups in total. The second kappa shape index (κ2) is 8.09. The second-order valence-corrected chi connectivity index (χ2v) is 7.33. The first kappa shape index (κ1) is 18.9. The van der Waals surface area contributed by atoms with Gasteiger partial charge in [-0.25, -0.2) is 4.79 Å². The van der Waals surface area contributed by atoms with Crippen molar-refractivity contribution in [1.29, 1.82) is 0 Å². The molecule has 132 valence electrons. The number of hydrogen-bond acceptors (Lipinski definition) is 5. The molecule has 1 aliphatic heterocycles. The zero-order chi connectivity index (χ0) is 17.7. The molecule has 2 heterocycles. The van der Waals surface area contributed by atoms with Crippen LogP contribution in [0.1, 0.15) is 48.0 Å². The van der Waals surface area contributed by atoms with Gasteiger partial charge < -0.3 is 20.1 Å². The maximum atomic E-state index is 12.5. The maximum absolute atomic E-state index is 12.5. The van der Waals surface area contributed by atoms with E-state index in [2.05, 4.69) is 31.1 Å². The van der Waals surface area contributed by atoms with E-state index in [1.165, 1.54) is 11.3 Å². The van der Waals surface area contributed by atoms with Crippen molar-refractivity contribution in [3.63, 3.8) is 0 Å². The molecule has 1 aromatic rings. The molecule has 0 amide bonds. The Morgan fingerprint density at radius 1 is 1.54 bits per heavy atom. The summed E-state index contributed by atoms with van der Waals surface area (Å²) in [6.45, 7) is 11.0. The van der Waals surface area contributed by atoms with E-state index in [4.69, 9.17) is 21.7 Å². The van der Waals surface area contributed by atoms with Crippen LogP contribution in [0, 0.1) is 0 Å². The zero-order valence-corrected chi connectivity index (χ0v) is 16.0. The molecular weight excluding hydrogens is 344 g/mol. The summed E-state index contributed by atoms with van der Waals surface area (Å²) >= 11 is 6.77. The Balaban J connectivity index is 2.35. The smallest absolute Gasteiger partial charge is 0.341 e. The lowest BCUT2D eigenvalue weighted by molar-refractivity contribution is -0.0548. The highest BCUT2D eigenvalue weighted by Crippen LogP contribution is 2.41. The Kier molecular flexibility index (Phi) is 6.37. The summed E-state index contributed by atoms with van der Waals surface area (Å²) in [6, 6.07) is 0. The van der Waals surface area contributed by atoms with Gasteiger partial charge in [-0.15, -0.1) is 17.9 Å². The fraction of sp³-hybridized carbons (Fsp3) is 0.529. The number of esters is 1. The van der Waals surface area contributed by atoms with Gasteiger partial charge in [0.05, 0.1) is 24.4 Å². The Labute approximate surface area is 152 Å². The van der Waals surface area contributed by atoms with Crippen molar-refractivity contribution in [2.45, 2.75) is 45.8 Å². The van der Waals surface area contributed by atoms with Gasteiger partial charge in [-0.1, -0.05) is 13.0 Å². The highest BCUT2D eigenvalue weighted by Gasteiger charge is 2.35. The molecule has 0 unspecified atom stereocenters. The minimum Gasteiger partial charge on any atom is -0.462 e. The third-order valence-corrected chi connectivity index (χ3v) is 5.42. The first-order valence-electron chi connectivity index (χ1n) is 8.05. The number of nitrogens with one attached hydrogen (secondary N) is 2. The Hall–Kier alpha value is -1.44. The number of carbonyl (C=O) groups excluding carboxylic acids is 1. The van der Waals surface area contributed by atoms with Crippen molar-refractivity contribution < 1.29 is 14.3 Å². The van der Waals surface area contributed by atoms with Crippen LogP contribution in [-0.2, 0) is 22.5 Å². The van der Waals surface area contributed by atoms with Crippen molar-refractivity contribution >= 4 is 39.6 Å². The summed E-state index contributed by atoms with van der Waals surface area (Å²) in [5.41, 5.74) is 1.35. The topological polar surface area (TPSA) is 59.6 Å². The first-order valence-corrected chi connectivity index (χ1v) is 9.28. The number of anilines is 1. The average molecular weight is 369 g/mol. The number of fused-ring (bicyclic) bond motifs is 1. The fourth-order valence-electron chi connectivity index (χ4n) is 2.53. The van der Waals surface area contributed by atoms with Gasteiger partial charge in [0, 0.05) is 17.8 Å². The predicted molar refractivity (Wildman–Crippen MR) is 102 cm³/mol. The maximum Gasteiger partial charge on any atom is 0.341 e. The molecule has 5 nitrogen and oxygen atoms in total. The quantitative estimate of drug-likeness (QED) is 0.454. The van der Waals surface area contributed by atoms with Gasteiger partial charge in [-0.3, -0.25) is 0 Å². The normalized spacial score (nSPS) is 19.3. The van der Waals surface area contributed by atoms with E-state index in [1.54, 1.807) is 13.0 Å². The van der Waals surface area contributed by atoms with Crippen LogP contribution in [0.4, 0.5) is 5.00 Å². The van der Waals surface area contributed by atoms with Crippen LogP contribution >= 0.6 is 23.6 Å². The number of thiocarbonyl (C=S) groups is 1. The third kappa shape index (κ3) is 4.15. The van der Waals surface area contributed by atoms with E-state index in [1.807, 2.05) is 0 Å². The van der Waals surface area contributed by atoms with Gasteiger partial charge in [-0.2, -0.15) is 0 Å². The summed E-state index contributed by atoms with van der Waals surface area (Å²) in [6.07, 6.45) is 3.30. The monoisotopic (exact) mass is 368 g/mol. The average Bonchev–Trinajstić information content (AvgIpc) is 2.89. The van der Waals surface area contributed by atoms with Gasteiger partial charge in [-0.05, 0) is 38.0 Å². The number of carbonyl (C=O) groups is 1. The molecule has 0 radical (unpaired) electrons. The minimum absolute atomic E-state index is 0.256. The Morgan fingerprint density at radius 3 is 2.92 bits per heavy atom. The molecule has 0 saturated heterocycles. The van der Waals surface area contributed by atoms with E-state index >= 15 is 0 Å². The third-order valence-electron chi connectivity index (χ3n) is 4.05. The van der Waals surface area contributed by atoms with E-state index in [9.17, 15) is 4.79 Å². The summed E-state index contributed by atoms with van der Waals surface area (Å²) < 4.78 is 11.3. The van der Waals surface area contributed by atoms with Crippen LogP contribution in [-0.4, -0.2) is 29.8 Å². The van der Waals surface area contributed by atoms with Crippen molar-refractivity contribution in [1.82, 2.24) is 5.32 Å². The van der Waals surface area contributed by atoms with Gasteiger partial charge in [0.1, 0.15) is 5.00 Å². The lowest BCUT2D eigenvalue weighted by atomic mass is 9.89. The molecule has 0 saturated carbocycles. The van der Waals surface area contributed by atoms with Crippen molar-refractivity contribution in [2.24, 2.45) is 0 Å². The molecule has 2 rings (SSSR count). The molecule has 0 bridgehead atoms. The van der Waals surface area contributed by atoms with E-state index < -0.39 is 0 Å². The molecule has 24 heavy (non-hydrogen) atoms. The largest absolute Gasteiger partial charge is 0.462 e. The minimum atomic E-state index is -0.315. The molecule has 7 heteroatoms. The molecule has 1 aliphatic rings. The van der Waals surface area contributed by atoms with E-state index in [0.29, 0.717) is 41.9 Å². The second-order valence-electron chi connectivity index (χ2n) is 5.82. The van der Waals surface area contributed by atoms with Gasteiger partial charge in [0.2, 0.25) is 0 Å². The number of thiophene rings is 1. The molecule has 1 aromatic heterocycles. The Bertz CT molecular complexity index is 642. The Morgan fingerprint density at radius 2 is 2.29 bits per heavy atom. The van der Waals surface area contributed by atoms with Crippen LogP contribution in [0.5, 0.6) is 0 Å². The summed E-state index contributed by atoms with van der Waals surface area (Å²) in [5.74, 6) is -0.315. The number of rotatable bonds is 6. The molecule has 0 fully saturated rings. The number of ether oxygens (including phenoxy) is 2. The van der Waals surface area contributed by atoms with Gasteiger partial charge in [0.15, 0.2) is 5.11 Å². The van der Waals surface area contributed by atoms with Crippen LogP contribution < -0.4 is 10.6 Å². The van der Waals surface area contributed by atoms with Crippen molar-refractivity contribution in [2.75, 3.05) is 18.5 Å². The highest BCUT2D eigenvalue weighted by molar-refractivity contribution is 7.80. The fourth-order valence-corrected chi connectivity index (χ4v) is 3.90. The highest BCUT2D eigenvalue weighted by atomic mass is 32.1. The van der Waals surface area contributed by atoms with Gasteiger partial charge in [0.25, 0.3) is 0 Å². The van der Waals surface area contributed by atoms with Crippen molar-refractivity contribution in [3.05, 3.63) is 28.7 Å². The number of hydrogen-bond donors (Lipinski definition) is 2. The molecular formula is C17H24N2O3S2. The summed E-state index contributed by atoms with van der Waals surface area (Å²) in [4.78, 5) is 13.6. The first-order chi connectivity index (χ1) is 11.4. The summed E-state index contributed by atoms with van der Waals surface area (Å²) in [7, 11) is 0. The predicted octanol–water partition coefficient (Wildman–Crippen LogP) is 3.64. The van der Waals surface area contributed by atoms with Crippen LogP contribution in [0.3, 0.4) is 0 Å². The SMILES string of the molecule is C=CCNC(=S)Nc1sc2c(c1C(=O)OCC)C[C@](C)(CC)OC2. The molecule has 1 atom stereocenters. The van der Waals surface area contributed by atoms with Crippen molar-refractivity contribution in [3.8, 4) is 0 Å². The standard InChI is InChI=1S/C17H24N2O3S2/c1-5-8-18-16(23)19-14-13(15(20)21-7-3)11-9-17(4,6-2)22-10-12(11)24-14/h5H,1,6-10H2,2-4H3,(H2,18,19,23)/t17-/m0/s1. The van der Waals surface area contributed by atoms with Gasteiger partial charge >= 0.3 is 5.97 Å². The van der Waals surface area contributed by atoms with Crippen LogP contribution in [0.2, 0.25) is 0 Å². The van der Waals surface area contributed by atoms with Crippen LogP contribution in [0.25, 0.3) is 0 Å². The van der Waals surface area contributed by atoms with E-state index in [-0.39, 0.29) is 11.6 Å². The summed E-state index contributed by atoms with van der Waals surface area (Å²) in [5, 5.41) is 7.30. The lowest BCUT2D eigenvalue weighted by Gasteiger charge is -2.33. The molecule has 0 aromatic carbocycles. The zero-order valence-electron chi connectivity index (χ0n) is 14.4. The lowest BCUT2D eigenvalue weighted by Crippen LogP contribution is -2.34. The molecule has 0 aliphatic carbocycles. The van der Waals surface area contributed by atoms with Crippen LogP contribution in [0.15, 0.2) is 12.7 Å².